The van der Waals surface area contributed by atoms with Gasteiger partial charge in [-0.3, -0.25) is 0 Å². The molecule has 0 amide bonds. The van der Waals surface area contributed by atoms with E-state index in [0.717, 1.165) is 21.8 Å². The van der Waals surface area contributed by atoms with Crippen molar-refractivity contribution < 1.29 is 5.11 Å². The van der Waals surface area contributed by atoms with Crippen molar-refractivity contribution in [2.24, 2.45) is 0 Å². The monoisotopic (exact) mass is 278 g/mol. The van der Waals surface area contributed by atoms with Crippen LogP contribution in [0.25, 0.3) is 0 Å². The Morgan fingerprint density at radius 2 is 2.09 bits per heavy atom. The minimum Gasteiger partial charge on any atom is -0.508 e. The van der Waals surface area contributed by atoms with Crippen LogP contribution in [0.1, 0.15) is 5.56 Å². The quantitative estimate of drug-likeness (QED) is 0.825. The maximum absolute atomic E-state index is 9.37. The summed E-state index contributed by atoms with van der Waals surface area (Å²) < 4.78 is 0.910. The minimum atomic E-state index is 0.360. The van der Waals surface area contributed by atoms with E-state index in [0.29, 0.717) is 5.75 Å². The van der Waals surface area contributed by atoms with E-state index in [1.807, 2.05) is 12.1 Å². The lowest BCUT2D eigenvalue weighted by Crippen LogP contribution is -1.85. The fraction of sp³-hybridized carbons (Fsp3) is 0.250. The highest BCUT2D eigenvalue weighted by molar-refractivity contribution is 9.10. The van der Waals surface area contributed by atoms with Crippen molar-refractivity contribution in [3.8, 4) is 5.75 Å². The smallest absolute Gasteiger partial charge is 0.119 e. The number of phenolic OH excluding ortho intramolecular Hbond substituents is 1. The van der Waals surface area contributed by atoms with Crippen LogP contribution in [0.3, 0.4) is 0 Å². The number of aromatic hydroxyl groups is 1. The molecule has 0 fully saturated rings. The first-order valence-corrected chi connectivity index (χ1v) is 5.19. The first-order chi connectivity index (χ1) is 5.24. The van der Waals surface area contributed by atoms with Crippen molar-refractivity contribution in [1.82, 2.24) is 0 Å². The van der Waals surface area contributed by atoms with Gasteiger partial charge in [0.15, 0.2) is 0 Å². The van der Waals surface area contributed by atoms with Gasteiger partial charge in [-0.1, -0.05) is 37.9 Å². The molecule has 0 unspecified atom stereocenters. The van der Waals surface area contributed by atoms with Crippen LogP contribution in [0.4, 0.5) is 0 Å². The zero-order valence-corrected chi connectivity index (χ0v) is 9.02. The first kappa shape index (κ1) is 9.07. The second-order valence-electron chi connectivity index (χ2n) is 2.21. The molecule has 3 heteroatoms. The molecule has 0 aliphatic rings. The van der Waals surface area contributed by atoms with Crippen molar-refractivity contribution >= 4 is 31.9 Å². The van der Waals surface area contributed by atoms with Gasteiger partial charge in [-0.25, -0.2) is 0 Å². The summed E-state index contributed by atoms with van der Waals surface area (Å²) >= 11 is 6.59. The molecule has 0 atom stereocenters. The lowest BCUT2D eigenvalue weighted by Gasteiger charge is -2.01. The Labute approximate surface area is 82.7 Å². The van der Waals surface area contributed by atoms with E-state index in [1.54, 1.807) is 6.07 Å². The van der Waals surface area contributed by atoms with Gasteiger partial charge in [-0.2, -0.15) is 0 Å². The van der Waals surface area contributed by atoms with Crippen LogP contribution in [-0.4, -0.2) is 10.4 Å². The maximum atomic E-state index is 9.37. The summed E-state index contributed by atoms with van der Waals surface area (Å²) in [5.41, 5.74) is 0.977. The zero-order valence-electron chi connectivity index (χ0n) is 5.85. The predicted molar refractivity (Wildman–Crippen MR) is 53.3 cm³/mol. The van der Waals surface area contributed by atoms with Gasteiger partial charge in [-0.05, 0) is 24.1 Å². The summed E-state index contributed by atoms with van der Waals surface area (Å²) in [4.78, 5) is 0. The molecule has 0 saturated carbocycles. The minimum absolute atomic E-state index is 0.360. The first-order valence-electron chi connectivity index (χ1n) is 3.27. The van der Waals surface area contributed by atoms with Crippen LogP contribution < -0.4 is 0 Å². The molecule has 0 aliphatic carbocycles. The fourth-order valence-electron chi connectivity index (χ4n) is 0.850. The summed E-state index contributed by atoms with van der Waals surface area (Å²) in [5.74, 6) is 0.360. The number of halogens is 2. The standard InChI is InChI=1S/C8H8Br2O/c9-4-3-6-1-2-7(10)5-8(6)11/h1-2,5,11H,3-4H2. The number of hydrogen-bond donors (Lipinski definition) is 1. The number of aryl methyl sites for hydroxylation is 1. The Bertz CT molecular complexity index is 248. The van der Waals surface area contributed by atoms with Gasteiger partial charge < -0.3 is 5.11 Å². The lowest BCUT2D eigenvalue weighted by molar-refractivity contribution is 0.468. The molecule has 0 saturated heterocycles. The van der Waals surface area contributed by atoms with E-state index in [4.69, 9.17) is 0 Å². The second-order valence-corrected chi connectivity index (χ2v) is 3.92. The Balaban J connectivity index is 2.90. The fourth-order valence-corrected chi connectivity index (χ4v) is 1.63. The van der Waals surface area contributed by atoms with E-state index < -0.39 is 0 Å². The van der Waals surface area contributed by atoms with Gasteiger partial charge in [0.05, 0.1) is 0 Å². The largest absolute Gasteiger partial charge is 0.508 e. The van der Waals surface area contributed by atoms with Crippen LogP contribution in [0.15, 0.2) is 22.7 Å². The zero-order chi connectivity index (χ0) is 8.27. The van der Waals surface area contributed by atoms with Crippen LogP contribution >= 0.6 is 31.9 Å². The van der Waals surface area contributed by atoms with E-state index in [-0.39, 0.29) is 0 Å². The number of hydrogen-bond acceptors (Lipinski definition) is 1. The molecule has 1 N–H and O–H groups in total. The maximum Gasteiger partial charge on any atom is 0.119 e. The summed E-state index contributed by atoms with van der Waals surface area (Å²) in [6.45, 7) is 0. The van der Waals surface area contributed by atoms with Crippen LogP contribution in [0.5, 0.6) is 5.75 Å². The summed E-state index contributed by atoms with van der Waals surface area (Å²) in [6.07, 6.45) is 0.860. The van der Waals surface area contributed by atoms with Crippen molar-refractivity contribution in [2.45, 2.75) is 6.42 Å². The highest BCUT2D eigenvalue weighted by Crippen LogP contribution is 2.22. The molecule has 0 bridgehead atoms. The topological polar surface area (TPSA) is 20.2 Å². The molecule has 60 valence electrons. The molecule has 0 spiro atoms. The van der Waals surface area contributed by atoms with Crippen LogP contribution in [0.2, 0.25) is 0 Å². The van der Waals surface area contributed by atoms with Crippen molar-refractivity contribution in [3.63, 3.8) is 0 Å². The number of alkyl halides is 1. The SMILES string of the molecule is Oc1cc(Br)ccc1CCBr. The van der Waals surface area contributed by atoms with Crippen LogP contribution in [0, 0.1) is 0 Å². The summed E-state index contributed by atoms with van der Waals surface area (Å²) in [7, 11) is 0. The molecule has 11 heavy (non-hydrogen) atoms. The molecule has 0 heterocycles. The third kappa shape index (κ3) is 2.49. The molecule has 0 aliphatic heterocycles. The average molecular weight is 280 g/mol. The molecular weight excluding hydrogens is 272 g/mol. The Kier molecular flexibility index (Phi) is 3.40. The van der Waals surface area contributed by atoms with E-state index in [9.17, 15) is 5.11 Å². The van der Waals surface area contributed by atoms with Gasteiger partial charge >= 0.3 is 0 Å². The van der Waals surface area contributed by atoms with Crippen molar-refractivity contribution in [1.29, 1.82) is 0 Å². The molecule has 1 nitrogen and oxygen atoms in total. The normalized spacial score (nSPS) is 10.0. The molecular formula is C8H8Br2O. The number of phenols is 1. The summed E-state index contributed by atoms with van der Waals surface area (Å²) in [5, 5.41) is 10.2. The Hall–Kier alpha value is -0.0200. The van der Waals surface area contributed by atoms with Crippen molar-refractivity contribution in [3.05, 3.63) is 28.2 Å². The third-order valence-electron chi connectivity index (χ3n) is 1.41. The molecule has 1 aromatic carbocycles. The lowest BCUT2D eigenvalue weighted by atomic mass is 10.1. The third-order valence-corrected chi connectivity index (χ3v) is 2.30. The highest BCUT2D eigenvalue weighted by atomic mass is 79.9. The highest BCUT2D eigenvalue weighted by Gasteiger charge is 1.99. The second kappa shape index (κ2) is 4.12. The molecule has 0 aromatic heterocycles. The van der Waals surface area contributed by atoms with Gasteiger partial charge in [0.2, 0.25) is 0 Å². The predicted octanol–water partition coefficient (Wildman–Crippen LogP) is 3.09. The van der Waals surface area contributed by atoms with E-state index in [1.165, 1.54) is 0 Å². The summed E-state index contributed by atoms with van der Waals surface area (Å²) in [6, 6.07) is 5.55. The Morgan fingerprint density at radius 1 is 1.36 bits per heavy atom. The van der Waals surface area contributed by atoms with Gasteiger partial charge in [-0.15, -0.1) is 0 Å². The number of rotatable bonds is 2. The van der Waals surface area contributed by atoms with Gasteiger partial charge in [0, 0.05) is 9.80 Å². The van der Waals surface area contributed by atoms with E-state index in [2.05, 4.69) is 31.9 Å². The van der Waals surface area contributed by atoms with E-state index >= 15 is 0 Å². The number of benzene rings is 1. The average Bonchev–Trinajstić information content (AvgIpc) is 1.95. The van der Waals surface area contributed by atoms with Gasteiger partial charge in [0.1, 0.15) is 5.75 Å². The molecule has 1 rings (SSSR count). The van der Waals surface area contributed by atoms with Gasteiger partial charge in [0.25, 0.3) is 0 Å². The van der Waals surface area contributed by atoms with Crippen LogP contribution in [-0.2, 0) is 6.42 Å². The molecule has 1 aromatic rings. The Morgan fingerprint density at radius 3 is 2.64 bits per heavy atom. The molecule has 0 radical (unpaired) electrons. The van der Waals surface area contributed by atoms with Crippen molar-refractivity contribution in [2.75, 3.05) is 5.33 Å².